The van der Waals surface area contributed by atoms with E-state index in [4.69, 9.17) is 0 Å². The van der Waals surface area contributed by atoms with Gasteiger partial charge in [0, 0.05) is 24.0 Å². The summed E-state index contributed by atoms with van der Waals surface area (Å²) in [6.07, 6.45) is 3.56. The molecule has 0 N–H and O–H groups in total. The fourth-order valence-electron chi connectivity index (χ4n) is 2.64. The summed E-state index contributed by atoms with van der Waals surface area (Å²) < 4.78 is 0. The van der Waals surface area contributed by atoms with Gasteiger partial charge in [-0.3, -0.25) is 4.79 Å². The Bertz CT molecular complexity index is 592. The fourth-order valence-corrected chi connectivity index (χ4v) is 2.64. The minimum absolute atomic E-state index is 0.599. The van der Waals surface area contributed by atoms with Crippen LogP contribution in [0.3, 0.4) is 0 Å². The molecule has 0 saturated carbocycles. The number of hydrogen-bond acceptors (Lipinski definition) is 3. The molecule has 0 amide bonds. The maximum absolute atomic E-state index is 10.7. The van der Waals surface area contributed by atoms with E-state index in [1.54, 1.807) is 6.20 Å². The molecule has 2 aromatic rings. The summed E-state index contributed by atoms with van der Waals surface area (Å²) >= 11 is 0. The average molecular weight is 252 g/mol. The van der Waals surface area contributed by atoms with Gasteiger partial charge in [0.1, 0.15) is 5.82 Å². The van der Waals surface area contributed by atoms with Gasteiger partial charge in [-0.2, -0.15) is 0 Å². The van der Waals surface area contributed by atoms with E-state index in [0.29, 0.717) is 11.5 Å². The second-order valence-electron chi connectivity index (χ2n) is 5.12. The van der Waals surface area contributed by atoms with Crippen LogP contribution in [0, 0.1) is 5.92 Å². The summed E-state index contributed by atoms with van der Waals surface area (Å²) in [6, 6.07) is 12.2. The zero-order chi connectivity index (χ0) is 13.2. The molecule has 1 aromatic carbocycles. The SMILES string of the molecule is CC1Cc2ccccc2N(c2ccc(C=O)cn2)C1. The minimum Gasteiger partial charge on any atom is -0.326 e. The monoisotopic (exact) mass is 252 g/mol. The summed E-state index contributed by atoms with van der Waals surface area (Å²) in [6.45, 7) is 3.22. The highest BCUT2D eigenvalue weighted by atomic mass is 16.1. The maximum atomic E-state index is 10.7. The Morgan fingerprint density at radius 3 is 2.84 bits per heavy atom. The lowest BCUT2D eigenvalue weighted by Crippen LogP contribution is -2.30. The Hall–Kier alpha value is -2.16. The first-order valence-corrected chi connectivity index (χ1v) is 6.54. The van der Waals surface area contributed by atoms with Crippen LogP contribution < -0.4 is 4.90 Å². The third-order valence-electron chi connectivity index (χ3n) is 3.53. The number of pyridine rings is 1. The number of anilines is 2. The van der Waals surface area contributed by atoms with Crippen molar-refractivity contribution in [3.05, 3.63) is 53.7 Å². The van der Waals surface area contributed by atoms with Crippen LogP contribution in [0.4, 0.5) is 11.5 Å². The highest BCUT2D eigenvalue weighted by Gasteiger charge is 2.22. The number of benzene rings is 1. The Morgan fingerprint density at radius 2 is 2.11 bits per heavy atom. The van der Waals surface area contributed by atoms with E-state index in [9.17, 15) is 4.79 Å². The molecule has 0 spiro atoms. The van der Waals surface area contributed by atoms with E-state index in [-0.39, 0.29) is 0 Å². The third-order valence-corrected chi connectivity index (χ3v) is 3.53. The Kier molecular flexibility index (Phi) is 3.03. The first kappa shape index (κ1) is 11.9. The van der Waals surface area contributed by atoms with Gasteiger partial charge in [-0.25, -0.2) is 4.98 Å². The highest BCUT2D eigenvalue weighted by molar-refractivity contribution is 5.75. The number of hydrogen-bond donors (Lipinski definition) is 0. The number of aromatic nitrogens is 1. The first-order valence-electron chi connectivity index (χ1n) is 6.54. The summed E-state index contributed by atoms with van der Waals surface area (Å²) in [5, 5.41) is 0. The highest BCUT2D eigenvalue weighted by Crippen LogP contribution is 2.34. The van der Waals surface area contributed by atoms with Crippen molar-refractivity contribution in [2.75, 3.05) is 11.4 Å². The minimum atomic E-state index is 0.599. The first-order chi connectivity index (χ1) is 9.28. The average Bonchev–Trinajstić information content (AvgIpc) is 2.46. The molecule has 3 heteroatoms. The van der Waals surface area contributed by atoms with Gasteiger partial charge in [-0.15, -0.1) is 0 Å². The van der Waals surface area contributed by atoms with Crippen molar-refractivity contribution in [1.29, 1.82) is 0 Å². The van der Waals surface area contributed by atoms with Crippen LogP contribution in [0.5, 0.6) is 0 Å². The van der Waals surface area contributed by atoms with Crippen molar-refractivity contribution < 1.29 is 4.79 Å². The molecule has 0 saturated heterocycles. The molecule has 1 aromatic heterocycles. The lowest BCUT2D eigenvalue weighted by molar-refractivity contribution is 0.112. The molecular formula is C16H16N2O. The van der Waals surface area contributed by atoms with Crippen LogP contribution in [-0.2, 0) is 6.42 Å². The van der Waals surface area contributed by atoms with Crippen LogP contribution in [0.1, 0.15) is 22.8 Å². The van der Waals surface area contributed by atoms with E-state index in [0.717, 1.165) is 25.1 Å². The predicted molar refractivity (Wildman–Crippen MR) is 75.9 cm³/mol. The Morgan fingerprint density at radius 1 is 1.26 bits per heavy atom. The van der Waals surface area contributed by atoms with E-state index in [1.165, 1.54) is 11.3 Å². The van der Waals surface area contributed by atoms with Crippen LogP contribution in [0.15, 0.2) is 42.6 Å². The van der Waals surface area contributed by atoms with Crippen molar-refractivity contribution >= 4 is 17.8 Å². The Balaban J connectivity index is 2.02. The quantitative estimate of drug-likeness (QED) is 0.769. The molecule has 1 atom stereocenters. The fraction of sp³-hybridized carbons (Fsp3) is 0.250. The zero-order valence-corrected chi connectivity index (χ0v) is 10.9. The molecule has 19 heavy (non-hydrogen) atoms. The van der Waals surface area contributed by atoms with Crippen molar-refractivity contribution in [2.24, 2.45) is 5.92 Å². The van der Waals surface area contributed by atoms with Crippen LogP contribution in [-0.4, -0.2) is 17.8 Å². The summed E-state index contributed by atoms with van der Waals surface area (Å²) in [4.78, 5) is 17.3. The van der Waals surface area contributed by atoms with Crippen LogP contribution in [0.2, 0.25) is 0 Å². The molecule has 0 aliphatic carbocycles. The van der Waals surface area contributed by atoms with E-state index >= 15 is 0 Å². The summed E-state index contributed by atoms with van der Waals surface area (Å²) in [5.41, 5.74) is 3.21. The number of rotatable bonds is 2. The summed E-state index contributed by atoms with van der Waals surface area (Å²) in [5.74, 6) is 1.51. The van der Waals surface area contributed by atoms with E-state index in [1.807, 2.05) is 12.1 Å². The van der Waals surface area contributed by atoms with Gasteiger partial charge in [-0.1, -0.05) is 25.1 Å². The standard InChI is InChI=1S/C16H16N2O/c1-12-8-14-4-2-3-5-15(14)18(10-12)16-7-6-13(11-19)9-17-16/h2-7,9,11-12H,8,10H2,1H3. The second kappa shape index (κ2) is 4.84. The molecule has 3 nitrogen and oxygen atoms in total. The van der Waals surface area contributed by atoms with Gasteiger partial charge in [0.25, 0.3) is 0 Å². The second-order valence-corrected chi connectivity index (χ2v) is 5.12. The van der Waals surface area contributed by atoms with Gasteiger partial charge in [0.2, 0.25) is 0 Å². The largest absolute Gasteiger partial charge is 0.326 e. The number of aldehydes is 1. The number of para-hydroxylation sites is 1. The molecule has 0 radical (unpaired) electrons. The van der Waals surface area contributed by atoms with Crippen LogP contribution in [0.25, 0.3) is 0 Å². The maximum Gasteiger partial charge on any atom is 0.151 e. The molecule has 3 rings (SSSR count). The number of fused-ring (bicyclic) bond motifs is 1. The lowest BCUT2D eigenvalue weighted by Gasteiger charge is -2.34. The van der Waals surface area contributed by atoms with Crippen molar-refractivity contribution in [2.45, 2.75) is 13.3 Å². The molecule has 1 aliphatic rings. The smallest absolute Gasteiger partial charge is 0.151 e. The van der Waals surface area contributed by atoms with Crippen molar-refractivity contribution in [1.82, 2.24) is 4.98 Å². The molecule has 0 bridgehead atoms. The Labute approximate surface area is 112 Å². The molecule has 0 fully saturated rings. The van der Waals surface area contributed by atoms with Gasteiger partial charge in [0.05, 0.1) is 0 Å². The zero-order valence-electron chi connectivity index (χ0n) is 10.9. The number of carbonyl (C=O) groups is 1. The topological polar surface area (TPSA) is 33.2 Å². The van der Waals surface area contributed by atoms with Gasteiger partial charge >= 0.3 is 0 Å². The van der Waals surface area contributed by atoms with E-state index < -0.39 is 0 Å². The molecule has 1 aliphatic heterocycles. The molecule has 2 heterocycles. The van der Waals surface area contributed by atoms with Crippen molar-refractivity contribution in [3.63, 3.8) is 0 Å². The van der Waals surface area contributed by atoms with Crippen LogP contribution >= 0.6 is 0 Å². The number of carbonyl (C=O) groups excluding carboxylic acids is 1. The molecular weight excluding hydrogens is 236 g/mol. The third kappa shape index (κ3) is 2.24. The normalized spacial score (nSPS) is 17.9. The van der Waals surface area contributed by atoms with Gasteiger partial charge in [0.15, 0.2) is 6.29 Å². The lowest BCUT2D eigenvalue weighted by atomic mass is 9.94. The number of nitrogens with zero attached hydrogens (tertiary/aromatic N) is 2. The van der Waals surface area contributed by atoms with Crippen molar-refractivity contribution in [3.8, 4) is 0 Å². The van der Waals surface area contributed by atoms with Gasteiger partial charge in [-0.05, 0) is 36.1 Å². The predicted octanol–water partition coefficient (Wildman–Crippen LogP) is 3.22. The van der Waals surface area contributed by atoms with E-state index in [2.05, 4.69) is 41.1 Å². The molecule has 1 unspecified atom stereocenters. The summed E-state index contributed by atoms with van der Waals surface area (Å²) in [7, 11) is 0. The molecule has 96 valence electrons. The van der Waals surface area contributed by atoms with Gasteiger partial charge < -0.3 is 4.90 Å².